The van der Waals surface area contributed by atoms with Crippen molar-refractivity contribution < 1.29 is 9.90 Å². The Balaban J connectivity index is 1.42. The molecule has 3 atom stereocenters. The number of aliphatic hydroxyl groups is 1. The summed E-state index contributed by atoms with van der Waals surface area (Å²) in [6.07, 6.45) is 6.13. The summed E-state index contributed by atoms with van der Waals surface area (Å²) < 4.78 is 0. The molecule has 4 rings (SSSR count). The Bertz CT molecular complexity index is 783. The van der Waals surface area contributed by atoms with Crippen LogP contribution in [0.4, 0.5) is 4.79 Å². The third kappa shape index (κ3) is 3.38. The Labute approximate surface area is 148 Å². The summed E-state index contributed by atoms with van der Waals surface area (Å²) in [5.41, 5.74) is 5.09. The van der Waals surface area contributed by atoms with Gasteiger partial charge in [-0.25, -0.2) is 4.79 Å². The average molecular weight is 341 g/mol. The maximum Gasteiger partial charge on any atom is 0.315 e. The lowest BCUT2D eigenvalue weighted by atomic mass is 9.91. The maximum absolute atomic E-state index is 12.4. The van der Waals surface area contributed by atoms with Crippen LogP contribution in [0.25, 0.3) is 10.9 Å². The van der Waals surface area contributed by atoms with Gasteiger partial charge in [0.1, 0.15) is 0 Å². The topological polar surface area (TPSA) is 77.2 Å². The second kappa shape index (κ2) is 6.71. The molecule has 0 bridgehead atoms. The number of amides is 2. The van der Waals surface area contributed by atoms with Crippen molar-refractivity contribution in [2.24, 2.45) is 0 Å². The summed E-state index contributed by atoms with van der Waals surface area (Å²) in [7, 11) is 0. The van der Waals surface area contributed by atoms with Crippen molar-refractivity contribution in [3.05, 3.63) is 35.0 Å². The molecule has 4 N–H and O–H groups in total. The molecule has 0 saturated heterocycles. The van der Waals surface area contributed by atoms with E-state index in [-0.39, 0.29) is 18.1 Å². The van der Waals surface area contributed by atoms with Crippen molar-refractivity contribution in [3.63, 3.8) is 0 Å². The monoisotopic (exact) mass is 341 g/mol. The number of hydrogen-bond acceptors (Lipinski definition) is 2. The van der Waals surface area contributed by atoms with Gasteiger partial charge in [0.25, 0.3) is 0 Å². The fourth-order valence-electron chi connectivity index (χ4n) is 4.33. The smallest absolute Gasteiger partial charge is 0.315 e. The number of aromatic amines is 1. The van der Waals surface area contributed by atoms with E-state index >= 15 is 0 Å². The van der Waals surface area contributed by atoms with E-state index in [1.807, 2.05) is 0 Å². The molecule has 3 unspecified atom stereocenters. The molecule has 2 aromatic rings. The molecule has 5 nitrogen and oxygen atoms in total. The van der Waals surface area contributed by atoms with E-state index in [2.05, 4.69) is 40.7 Å². The number of aliphatic hydroxyl groups excluding tert-OH is 1. The van der Waals surface area contributed by atoms with Gasteiger partial charge in [0.2, 0.25) is 0 Å². The van der Waals surface area contributed by atoms with Gasteiger partial charge in [-0.15, -0.1) is 0 Å². The zero-order chi connectivity index (χ0) is 17.4. The molecule has 1 aromatic heterocycles. The Morgan fingerprint density at radius 1 is 1.20 bits per heavy atom. The highest BCUT2D eigenvalue weighted by molar-refractivity contribution is 5.86. The first-order valence-electron chi connectivity index (χ1n) is 9.45. The van der Waals surface area contributed by atoms with Gasteiger partial charge in [-0.05, 0) is 56.7 Å². The highest BCUT2D eigenvalue weighted by Crippen LogP contribution is 2.30. The van der Waals surface area contributed by atoms with Gasteiger partial charge in [-0.2, -0.15) is 0 Å². The maximum atomic E-state index is 12.4. The minimum absolute atomic E-state index is 0.108. The van der Waals surface area contributed by atoms with E-state index in [0.29, 0.717) is 0 Å². The number of H-pyrrole nitrogens is 1. The fourth-order valence-corrected chi connectivity index (χ4v) is 4.33. The highest BCUT2D eigenvalue weighted by Gasteiger charge is 2.27. The molecular formula is C20H27N3O2. The lowest BCUT2D eigenvalue weighted by Crippen LogP contribution is -2.52. The normalized spacial score (nSPS) is 26.2. The lowest BCUT2D eigenvalue weighted by Gasteiger charge is -2.30. The third-order valence-electron chi connectivity index (χ3n) is 5.72. The van der Waals surface area contributed by atoms with Crippen LogP contribution in [0.2, 0.25) is 0 Å². The Morgan fingerprint density at radius 3 is 2.88 bits per heavy atom. The first-order valence-corrected chi connectivity index (χ1v) is 9.45. The second-order valence-corrected chi connectivity index (χ2v) is 7.65. The molecule has 1 aromatic carbocycles. The van der Waals surface area contributed by atoms with Crippen LogP contribution in [0.1, 0.15) is 48.9 Å². The average Bonchev–Trinajstić information content (AvgIpc) is 2.94. The number of hydrogen-bond donors (Lipinski definition) is 4. The minimum Gasteiger partial charge on any atom is -0.391 e. The van der Waals surface area contributed by atoms with Gasteiger partial charge in [-0.1, -0.05) is 24.5 Å². The Hall–Kier alpha value is -2.01. The van der Waals surface area contributed by atoms with Crippen molar-refractivity contribution in [1.82, 2.24) is 15.6 Å². The van der Waals surface area contributed by atoms with E-state index in [1.54, 1.807) is 0 Å². The fraction of sp³-hybridized carbons (Fsp3) is 0.550. The van der Waals surface area contributed by atoms with E-state index in [9.17, 15) is 9.90 Å². The molecule has 1 fully saturated rings. The summed E-state index contributed by atoms with van der Waals surface area (Å²) in [6, 6.07) is 6.39. The van der Waals surface area contributed by atoms with Crippen LogP contribution < -0.4 is 10.6 Å². The molecule has 2 amide bonds. The zero-order valence-electron chi connectivity index (χ0n) is 14.8. The third-order valence-corrected chi connectivity index (χ3v) is 5.72. The van der Waals surface area contributed by atoms with Crippen LogP contribution in [0.5, 0.6) is 0 Å². The summed E-state index contributed by atoms with van der Waals surface area (Å²) in [6.45, 7) is 2.11. The predicted molar refractivity (Wildman–Crippen MR) is 98.8 cm³/mol. The number of urea groups is 1. The number of carbonyl (C=O) groups excluding carboxylic acids is 1. The second-order valence-electron chi connectivity index (χ2n) is 7.65. The molecule has 0 aliphatic heterocycles. The van der Waals surface area contributed by atoms with Crippen LogP contribution in [0, 0.1) is 6.92 Å². The molecular weight excluding hydrogens is 314 g/mol. The molecule has 0 spiro atoms. The number of nitrogens with one attached hydrogen (secondary N) is 3. The van der Waals surface area contributed by atoms with Gasteiger partial charge >= 0.3 is 6.03 Å². The van der Waals surface area contributed by atoms with Crippen molar-refractivity contribution in [1.29, 1.82) is 0 Å². The lowest BCUT2D eigenvalue weighted by molar-refractivity contribution is 0.0939. The van der Waals surface area contributed by atoms with Gasteiger partial charge in [0, 0.05) is 22.6 Å². The zero-order valence-corrected chi connectivity index (χ0v) is 14.8. The molecule has 25 heavy (non-hydrogen) atoms. The SMILES string of the molecule is Cc1ccc2[nH]c3c(c2c1)CC(NC(=O)NC1CCCCC1O)CC3. The number of carbonyl (C=O) groups is 1. The van der Waals surface area contributed by atoms with E-state index in [4.69, 9.17) is 0 Å². The van der Waals surface area contributed by atoms with Gasteiger partial charge in [-0.3, -0.25) is 0 Å². The summed E-state index contributed by atoms with van der Waals surface area (Å²) >= 11 is 0. The minimum atomic E-state index is -0.408. The van der Waals surface area contributed by atoms with Crippen molar-refractivity contribution >= 4 is 16.9 Å². The largest absolute Gasteiger partial charge is 0.391 e. The summed E-state index contributed by atoms with van der Waals surface area (Å²) in [5.74, 6) is 0. The first-order chi connectivity index (χ1) is 12.1. The van der Waals surface area contributed by atoms with Gasteiger partial charge in [0.05, 0.1) is 12.1 Å². The number of fused-ring (bicyclic) bond motifs is 3. The summed E-state index contributed by atoms with van der Waals surface area (Å²) in [4.78, 5) is 15.9. The predicted octanol–water partition coefficient (Wildman–Crippen LogP) is 2.94. The molecule has 0 radical (unpaired) electrons. The van der Waals surface area contributed by atoms with Crippen molar-refractivity contribution in [2.45, 2.75) is 70.1 Å². The quantitative estimate of drug-likeness (QED) is 0.678. The van der Waals surface area contributed by atoms with Crippen LogP contribution >= 0.6 is 0 Å². The van der Waals surface area contributed by atoms with E-state index < -0.39 is 6.10 Å². The number of aromatic nitrogens is 1. The van der Waals surface area contributed by atoms with Crippen LogP contribution in [-0.2, 0) is 12.8 Å². The number of rotatable bonds is 2. The standard InChI is InChI=1S/C20H27N3O2/c1-12-6-8-16-14(10-12)15-11-13(7-9-17(15)22-16)21-20(25)23-18-4-2-3-5-19(18)24/h6,8,10,13,18-19,22,24H,2-5,7,9,11H2,1H3,(H2,21,23,25). The summed E-state index contributed by atoms with van der Waals surface area (Å²) in [5, 5.41) is 17.4. The molecule has 134 valence electrons. The van der Waals surface area contributed by atoms with E-state index in [1.165, 1.54) is 27.7 Å². The molecule has 1 heterocycles. The van der Waals surface area contributed by atoms with Gasteiger partial charge in [0.15, 0.2) is 0 Å². The van der Waals surface area contributed by atoms with Gasteiger partial charge < -0.3 is 20.7 Å². The Morgan fingerprint density at radius 2 is 2.04 bits per heavy atom. The van der Waals surface area contributed by atoms with Crippen molar-refractivity contribution in [2.75, 3.05) is 0 Å². The van der Waals surface area contributed by atoms with Crippen LogP contribution in [0.3, 0.4) is 0 Å². The molecule has 5 heteroatoms. The highest BCUT2D eigenvalue weighted by atomic mass is 16.3. The number of aryl methyl sites for hydroxylation is 2. The molecule has 2 aliphatic carbocycles. The molecule has 2 aliphatic rings. The van der Waals surface area contributed by atoms with E-state index in [0.717, 1.165) is 44.9 Å². The van der Waals surface area contributed by atoms with Crippen molar-refractivity contribution in [3.8, 4) is 0 Å². The van der Waals surface area contributed by atoms with Crippen LogP contribution in [-0.4, -0.2) is 34.3 Å². The first kappa shape index (κ1) is 16.5. The Kier molecular flexibility index (Phi) is 4.42. The molecule has 1 saturated carbocycles. The van der Waals surface area contributed by atoms with Crippen LogP contribution in [0.15, 0.2) is 18.2 Å². The number of benzene rings is 1.